The molecule has 1 nitrogen and oxygen atoms in total. The normalized spacial score (nSPS) is 12.4. The van der Waals surface area contributed by atoms with Gasteiger partial charge in [-0.25, -0.2) is 0 Å². The molecule has 0 radical (unpaired) electrons. The molecule has 0 amide bonds. The standard InChI is InChI=1S/C34H19NS/c1-3-13-28-25(9-1)33-29(17-18-31-34(33)26-10-2-4-14-30(26)36-31)35(28)21-15-16-22-23-11-5-7-20-8-6-12-24(32(20)23)27(22)19-21/h1-19H. The van der Waals surface area contributed by atoms with Gasteiger partial charge < -0.3 is 4.57 Å². The quantitative estimate of drug-likeness (QED) is 0.223. The van der Waals surface area contributed by atoms with Crippen molar-refractivity contribution in [2.24, 2.45) is 0 Å². The number of para-hydroxylation sites is 1. The Balaban J connectivity index is 1.41. The predicted octanol–water partition coefficient (Wildman–Crippen LogP) is 9.95. The first kappa shape index (κ1) is 18.9. The molecule has 0 atom stereocenters. The summed E-state index contributed by atoms with van der Waals surface area (Å²) in [5.41, 5.74) is 9.07. The van der Waals surface area contributed by atoms with Crippen molar-refractivity contribution in [3.05, 3.63) is 115 Å². The summed E-state index contributed by atoms with van der Waals surface area (Å²) >= 11 is 1.89. The summed E-state index contributed by atoms with van der Waals surface area (Å²) in [7, 11) is 0. The molecule has 36 heavy (non-hydrogen) atoms. The highest BCUT2D eigenvalue weighted by molar-refractivity contribution is 7.26. The maximum absolute atomic E-state index is 2.46. The first-order valence-electron chi connectivity index (χ1n) is 12.4. The highest BCUT2D eigenvalue weighted by Gasteiger charge is 2.23. The van der Waals surface area contributed by atoms with Gasteiger partial charge in [0, 0.05) is 36.6 Å². The largest absolute Gasteiger partial charge is 0.309 e. The number of aromatic nitrogens is 1. The molecule has 8 aromatic rings. The third-order valence-corrected chi connectivity index (χ3v) is 9.06. The average Bonchev–Trinajstić information content (AvgIpc) is 3.57. The Labute approximate surface area is 211 Å². The van der Waals surface area contributed by atoms with Gasteiger partial charge in [0.15, 0.2) is 0 Å². The Morgan fingerprint density at radius 2 is 1.22 bits per heavy atom. The molecule has 0 bridgehead atoms. The summed E-state index contributed by atoms with van der Waals surface area (Å²) in [6, 6.07) is 42.6. The smallest absolute Gasteiger partial charge is 0.0548 e. The minimum absolute atomic E-state index is 1.21. The summed E-state index contributed by atoms with van der Waals surface area (Å²) in [5, 5.41) is 8.08. The fourth-order valence-corrected chi connectivity index (χ4v) is 7.59. The second-order valence-corrected chi connectivity index (χ2v) is 10.8. The molecular weight excluding hydrogens is 454 g/mol. The van der Waals surface area contributed by atoms with Crippen molar-refractivity contribution >= 4 is 64.1 Å². The number of thiophene rings is 1. The third-order valence-electron chi connectivity index (χ3n) is 7.92. The number of fused-ring (bicyclic) bond motifs is 10. The Kier molecular flexibility index (Phi) is 3.47. The van der Waals surface area contributed by atoms with Crippen molar-refractivity contribution in [2.45, 2.75) is 0 Å². The summed E-state index contributed by atoms with van der Waals surface area (Å²) in [5.74, 6) is 0. The lowest BCUT2D eigenvalue weighted by Crippen LogP contribution is -1.94. The van der Waals surface area contributed by atoms with Crippen LogP contribution in [0.15, 0.2) is 115 Å². The lowest BCUT2D eigenvalue weighted by atomic mass is 10.0. The first-order valence-corrected chi connectivity index (χ1v) is 13.2. The van der Waals surface area contributed by atoms with Gasteiger partial charge in [-0.2, -0.15) is 0 Å². The number of hydrogen-bond donors (Lipinski definition) is 0. The van der Waals surface area contributed by atoms with Gasteiger partial charge in [0.1, 0.15) is 0 Å². The van der Waals surface area contributed by atoms with E-state index in [1.807, 2.05) is 11.3 Å². The molecule has 0 N–H and O–H groups in total. The third kappa shape index (κ3) is 2.26. The zero-order chi connectivity index (χ0) is 23.4. The van der Waals surface area contributed by atoms with Crippen LogP contribution in [-0.4, -0.2) is 4.57 Å². The monoisotopic (exact) mass is 473 g/mol. The van der Waals surface area contributed by atoms with E-state index in [2.05, 4.69) is 120 Å². The Morgan fingerprint density at radius 1 is 0.444 bits per heavy atom. The van der Waals surface area contributed by atoms with Crippen molar-refractivity contribution in [2.75, 3.05) is 0 Å². The Bertz CT molecular complexity index is 2200. The van der Waals surface area contributed by atoms with Crippen LogP contribution in [0.2, 0.25) is 0 Å². The van der Waals surface area contributed by atoms with Gasteiger partial charge in [-0.05, 0) is 69.4 Å². The number of rotatable bonds is 1. The van der Waals surface area contributed by atoms with Gasteiger partial charge in [-0.1, -0.05) is 78.9 Å². The lowest BCUT2D eigenvalue weighted by molar-refractivity contribution is 1.18. The topological polar surface area (TPSA) is 4.93 Å². The van der Waals surface area contributed by atoms with E-state index < -0.39 is 0 Å². The molecule has 6 aromatic carbocycles. The van der Waals surface area contributed by atoms with Gasteiger partial charge in [-0.3, -0.25) is 0 Å². The molecule has 0 saturated heterocycles. The minimum Gasteiger partial charge on any atom is -0.309 e. The van der Waals surface area contributed by atoms with Crippen molar-refractivity contribution in [3.63, 3.8) is 0 Å². The van der Waals surface area contributed by atoms with Crippen LogP contribution < -0.4 is 0 Å². The molecule has 2 heteroatoms. The summed E-state index contributed by atoms with van der Waals surface area (Å²) in [6.07, 6.45) is 0. The minimum atomic E-state index is 1.21. The van der Waals surface area contributed by atoms with E-state index in [-0.39, 0.29) is 0 Å². The van der Waals surface area contributed by atoms with Crippen LogP contribution in [0.25, 0.3) is 80.7 Å². The SMILES string of the molecule is c1cc2c3c(cccc3c1)-c1cc(-n3c4ccccc4c4c5c(ccc43)sc3ccccc35)ccc1-2. The fraction of sp³-hybridized carbons (Fsp3) is 0. The van der Waals surface area contributed by atoms with E-state index in [9.17, 15) is 0 Å². The van der Waals surface area contributed by atoms with Crippen LogP contribution in [0, 0.1) is 0 Å². The molecule has 2 heterocycles. The number of benzene rings is 6. The van der Waals surface area contributed by atoms with Crippen molar-refractivity contribution in [3.8, 4) is 27.9 Å². The van der Waals surface area contributed by atoms with E-state index in [1.165, 1.54) is 80.7 Å². The van der Waals surface area contributed by atoms with Crippen LogP contribution in [-0.2, 0) is 0 Å². The second kappa shape index (κ2) is 6.63. The van der Waals surface area contributed by atoms with Crippen molar-refractivity contribution in [1.29, 1.82) is 0 Å². The van der Waals surface area contributed by atoms with E-state index >= 15 is 0 Å². The lowest BCUT2D eigenvalue weighted by Gasteiger charge is -2.11. The van der Waals surface area contributed by atoms with Crippen LogP contribution in [0.5, 0.6) is 0 Å². The maximum atomic E-state index is 2.46. The molecule has 1 aliphatic rings. The molecule has 2 aromatic heterocycles. The van der Waals surface area contributed by atoms with Gasteiger partial charge in [0.2, 0.25) is 0 Å². The molecule has 0 saturated carbocycles. The fourth-order valence-electron chi connectivity index (χ4n) is 6.47. The molecule has 166 valence electrons. The molecule has 0 aliphatic heterocycles. The zero-order valence-electron chi connectivity index (χ0n) is 19.3. The summed E-state index contributed by atoms with van der Waals surface area (Å²) in [6.45, 7) is 0. The van der Waals surface area contributed by atoms with E-state index in [4.69, 9.17) is 0 Å². The van der Waals surface area contributed by atoms with Crippen molar-refractivity contribution in [1.82, 2.24) is 4.57 Å². The van der Waals surface area contributed by atoms with Crippen molar-refractivity contribution < 1.29 is 0 Å². The van der Waals surface area contributed by atoms with Gasteiger partial charge in [-0.15, -0.1) is 11.3 Å². The van der Waals surface area contributed by atoms with Crippen LogP contribution in [0.4, 0.5) is 0 Å². The summed E-state index contributed by atoms with van der Waals surface area (Å²) < 4.78 is 5.16. The van der Waals surface area contributed by atoms with Gasteiger partial charge >= 0.3 is 0 Å². The first-order chi connectivity index (χ1) is 17.9. The summed E-state index contributed by atoms with van der Waals surface area (Å²) in [4.78, 5) is 0. The maximum Gasteiger partial charge on any atom is 0.0548 e. The zero-order valence-corrected chi connectivity index (χ0v) is 20.1. The predicted molar refractivity (Wildman–Crippen MR) is 156 cm³/mol. The molecule has 0 spiro atoms. The molecule has 0 unspecified atom stereocenters. The average molecular weight is 474 g/mol. The van der Waals surface area contributed by atoms with E-state index in [1.54, 1.807) is 0 Å². The molecular formula is C34H19NS. The number of nitrogens with zero attached hydrogens (tertiary/aromatic N) is 1. The molecule has 1 aliphatic carbocycles. The second-order valence-electron chi connectivity index (χ2n) is 9.72. The highest BCUT2D eigenvalue weighted by atomic mass is 32.1. The Morgan fingerprint density at radius 3 is 2.11 bits per heavy atom. The van der Waals surface area contributed by atoms with E-state index in [0.717, 1.165) is 0 Å². The Hall–Kier alpha value is -4.40. The van der Waals surface area contributed by atoms with E-state index in [0.29, 0.717) is 0 Å². The number of hydrogen-bond acceptors (Lipinski definition) is 1. The molecule has 0 fully saturated rings. The van der Waals surface area contributed by atoms with Crippen LogP contribution in [0.1, 0.15) is 0 Å². The van der Waals surface area contributed by atoms with Crippen LogP contribution in [0.3, 0.4) is 0 Å². The van der Waals surface area contributed by atoms with Gasteiger partial charge in [0.05, 0.1) is 11.0 Å². The molecule has 9 rings (SSSR count). The highest BCUT2D eigenvalue weighted by Crippen LogP contribution is 2.49. The van der Waals surface area contributed by atoms with Gasteiger partial charge in [0.25, 0.3) is 0 Å². The van der Waals surface area contributed by atoms with Crippen LogP contribution >= 0.6 is 11.3 Å².